The van der Waals surface area contributed by atoms with Crippen LogP contribution in [0, 0.1) is 8.99 Å². The first-order chi connectivity index (χ1) is 18.9. The Morgan fingerprint density at radius 1 is 1.27 bits per heavy atom. The molecule has 1 aromatic heterocycles. The number of benzene rings is 2. The summed E-state index contributed by atoms with van der Waals surface area (Å²) in [6.07, 6.45) is 0.304. The first kappa shape index (κ1) is 30.6. The van der Waals surface area contributed by atoms with Crippen molar-refractivity contribution >= 4 is 61.2 Å². The number of fused-ring (bicyclic) bond motifs is 1. The number of aromatic nitrogens is 1. The van der Waals surface area contributed by atoms with E-state index in [4.69, 9.17) is 19.2 Å². The molecule has 1 fully saturated rings. The Hall–Kier alpha value is -2.31. The summed E-state index contributed by atoms with van der Waals surface area (Å²) >= 11 is 6.09. The molecule has 0 unspecified atom stereocenters. The number of nitrogens with one attached hydrogen (secondary N) is 1. The molecule has 1 aliphatic heterocycles. The number of hydrogen-bond donors (Lipinski definition) is 2. The molecule has 216 valence electrons. The van der Waals surface area contributed by atoms with Gasteiger partial charge in [-0.05, 0) is 75.3 Å². The predicted octanol–water partition coefficient (Wildman–Crippen LogP) is 7.74. The molecule has 1 saturated heterocycles. The lowest BCUT2D eigenvalue weighted by Gasteiger charge is -2.28. The van der Waals surface area contributed by atoms with Crippen molar-refractivity contribution in [2.45, 2.75) is 58.8 Å². The number of halogens is 2. The Kier molecular flexibility index (Phi) is 10.0. The normalized spacial score (nSPS) is 17.1. The highest BCUT2D eigenvalue weighted by Crippen LogP contribution is 2.44. The number of methoxy groups -OCH3 is 1. The molecule has 10 heteroatoms. The Bertz CT molecular complexity index is 1330. The molecule has 40 heavy (non-hydrogen) atoms. The number of carbonyl (C=O) groups is 1. The Morgan fingerprint density at radius 3 is 2.62 bits per heavy atom. The Labute approximate surface area is 258 Å². The van der Waals surface area contributed by atoms with Gasteiger partial charge in [-0.25, -0.2) is 9.78 Å². The zero-order chi connectivity index (χ0) is 29.0. The Morgan fingerprint density at radius 2 is 2.00 bits per heavy atom. The van der Waals surface area contributed by atoms with Crippen LogP contribution in [0.5, 0.6) is 11.6 Å². The van der Waals surface area contributed by atoms with Crippen molar-refractivity contribution in [2.24, 2.45) is 5.41 Å². The monoisotopic (exact) mass is 725 g/mol. The number of nitrogens with zero attached hydrogens (tertiary/aromatic N) is 2. The van der Waals surface area contributed by atoms with Crippen LogP contribution in [0.25, 0.3) is 10.9 Å². The predicted molar refractivity (Wildman–Crippen MR) is 170 cm³/mol. The van der Waals surface area contributed by atoms with Gasteiger partial charge in [0.25, 0.3) is 0 Å². The van der Waals surface area contributed by atoms with Crippen LogP contribution in [0.3, 0.4) is 0 Å². The molecule has 2 heterocycles. The highest BCUT2D eigenvalue weighted by Gasteiger charge is 2.28. The Balaban J connectivity index is 1.81. The largest absolute Gasteiger partial charge is 0.482 e. The van der Waals surface area contributed by atoms with Crippen LogP contribution in [0.2, 0.25) is 0 Å². The van der Waals surface area contributed by atoms with Crippen molar-refractivity contribution in [2.75, 3.05) is 32.1 Å². The number of pyridine rings is 1. The maximum atomic E-state index is 11.5. The van der Waals surface area contributed by atoms with Crippen molar-refractivity contribution in [1.29, 1.82) is 0 Å². The van der Waals surface area contributed by atoms with Gasteiger partial charge in [0.05, 0.1) is 10.6 Å². The van der Waals surface area contributed by atoms with Gasteiger partial charge in [-0.15, -0.1) is 0 Å². The minimum Gasteiger partial charge on any atom is -0.482 e. The summed E-state index contributed by atoms with van der Waals surface area (Å²) in [5.41, 5.74) is 2.61. The van der Waals surface area contributed by atoms with Crippen LogP contribution in [0.15, 0.2) is 46.9 Å². The first-order valence-corrected chi connectivity index (χ1v) is 15.3. The van der Waals surface area contributed by atoms with Gasteiger partial charge in [0.2, 0.25) is 5.88 Å². The van der Waals surface area contributed by atoms with E-state index in [2.05, 4.69) is 82.8 Å². The van der Waals surface area contributed by atoms with Crippen molar-refractivity contribution < 1.29 is 24.1 Å². The average molecular weight is 726 g/mol. The minimum absolute atomic E-state index is 0.0217. The average Bonchev–Trinajstić information content (AvgIpc) is 3.38. The van der Waals surface area contributed by atoms with E-state index in [9.17, 15) is 9.90 Å². The lowest BCUT2D eigenvalue weighted by atomic mass is 9.87. The van der Waals surface area contributed by atoms with E-state index >= 15 is 0 Å². The van der Waals surface area contributed by atoms with Crippen molar-refractivity contribution in [1.82, 2.24) is 9.88 Å². The van der Waals surface area contributed by atoms with Gasteiger partial charge in [-0.3, -0.25) is 0 Å². The van der Waals surface area contributed by atoms with E-state index in [-0.39, 0.29) is 23.7 Å². The fourth-order valence-electron chi connectivity index (χ4n) is 4.69. The molecule has 2 N–H and O–H groups in total. The van der Waals surface area contributed by atoms with Crippen molar-refractivity contribution in [3.8, 4) is 11.6 Å². The van der Waals surface area contributed by atoms with Gasteiger partial charge in [0, 0.05) is 47.0 Å². The van der Waals surface area contributed by atoms with Crippen molar-refractivity contribution in [3.05, 3.63) is 56.1 Å². The van der Waals surface area contributed by atoms with Crippen molar-refractivity contribution in [3.63, 3.8) is 0 Å². The molecular weight excluding hydrogens is 689 g/mol. The molecule has 2 aromatic carbocycles. The molecule has 4 rings (SSSR count). The standard InChI is InChI=1S/C30H37BrIN3O5/c1-18(38-5)17-39-25-14-23(33-20-11-12-35(16-20)29(36)37)21-13-22(32)26(31)28(27(21)34-25)40-24(15-30(2,3)4)19-9-7-6-8-10-19/h6-10,13-14,18,20,24H,11-12,15-17H2,1-5H3,(H,33,34)(H,36,37)/t18-,20-,24-/m0/s1. The number of likely N-dealkylation sites (tertiary alicyclic amines) is 1. The zero-order valence-electron chi connectivity index (χ0n) is 23.5. The molecule has 0 saturated carbocycles. The summed E-state index contributed by atoms with van der Waals surface area (Å²) in [6.45, 7) is 9.80. The van der Waals surface area contributed by atoms with Crippen LogP contribution in [-0.2, 0) is 4.74 Å². The highest BCUT2D eigenvalue weighted by atomic mass is 127. The summed E-state index contributed by atoms with van der Waals surface area (Å²) in [6, 6.07) is 14.2. The molecule has 1 aliphatic rings. The molecule has 0 spiro atoms. The third-order valence-electron chi connectivity index (χ3n) is 6.85. The second kappa shape index (κ2) is 13.1. The van der Waals surface area contributed by atoms with E-state index in [1.54, 1.807) is 7.11 Å². The van der Waals surface area contributed by atoms with Crippen LogP contribution in [0.4, 0.5) is 10.5 Å². The second-order valence-electron chi connectivity index (χ2n) is 11.4. The van der Waals surface area contributed by atoms with E-state index in [1.807, 2.05) is 31.2 Å². The third-order valence-corrected chi connectivity index (χ3v) is 9.23. The van der Waals surface area contributed by atoms with Crippen LogP contribution >= 0.6 is 38.5 Å². The minimum atomic E-state index is -0.901. The fourth-order valence-corrected chi connectivity index (χ4v) is 5.64. The number of carboxylic acid groups (broad SMARTS) is 1. The maximum Gasteiger partial charge on any atom is 0.407 e. The molecule has 3 aromatic rings. The molecule has 3 atom stereocenters. The lowest BCUT2D eigenvalue weighted by Crippen LogP contribution is -2.30. The summed E-state index contributed by atoms with van der Waals surface area (Å²) < 4.78 is 20.1. The maximum absolute atomic E-state index is 11.5. The van der Waals surface area contributed by atoms with Gasteiger partial charge < -0.3 is 29.5 Å². The van der Waals surface area contributed by atoms with Gasteiger partial charge >= 0.3 is 6.09 Å². The molecule has 8 nitrogen and oxygen atoms in total. The van der Waals surface area contributed by atoms with Crippen LogP contribution < -0.4 is 14.8 Å². The summed E-state index contributed by atoms with van der Waals surface area (Å²) in [5.74, 6) is 1.09. The number of anilines is 1. The third kappa shape index (κ3) is 7.70. The van der Waals surface area contributed by atoms with E-state index in [0.29, 0.717) is 43.3 Å². The molecule has 0 aliphatic carbocycles. The fraction of sp³-hybridized carbons (Fsp3) is 0.467. The lowest BCUT2D eigenvalue weighted by molar-refractivity contribution is 0.0700. The van der Waals surface area contributed by atoms with E-state index in [0.717, 1.165) is 31.1 Å². The topological polar surface area (TPSA) is 93.2 Å². The number of ether oxygens (including phenoxy) is 3. The first-order valence-electron chi connectivity index (χ1n) is 13.4. The zero-order valence-corrected chi connectivity index (χ0v) is 27.3. The quantitative estimate of drug-likeness (QED) is 0.207. The molecular formula is C30H37BrIN3O5. The van der Waals surface area contributed by atoms with Gasteiger partial charge in [-0.2, -0.15) is 0 Å². The summed E-state index contributed by atoms with van der Waals surface area (Å²) in [7, 11) is 1.65. The van der Waals surface area contributed by atoms with E-state index in [1.165, 1.54) is 4.90 Å². The van der Waals surface area contributed by atoms with Gasteiger partial charge in [-0.1, -0.05) is 51.1 Å². The summed E-state index contributed by atoms with van der Waals surface area (Å²) in [4.78, 5) is 17.9. The van der Waals surface area contributed by atoms with E-state index < -0.39 is 6.09 Å². The van der Waals surface area contributed by atoms with Gasteiger partial charge in [0.15, 0.2) is 5.75 Å². The van der Waals surface area contributed by atoms with Crippen LogP contribution in [-0.4, -0.2) is 60.0 Å². The second-order valence-corrected chi connectivity index (χ2v) is 13.4. The SMILES string of the molecule is CO[C@@H](C)COc1cc(N[C@H]2CCN(C(=O)O)C2)c2cc(I)c(Br)c(O[C@@H](CC(C)(C)C)c3ccccc3)c2n1. The number of hydrogen-bond acceptors (Lipinski definition) is 6. The van der Waals surface area contributed by atoms with Gasteiger partial charge in [0.1, 0.15) is 18.2 Å². The number of amides is 1. The smallest absolute Gasteiger partial charge is 0.407 e. The van der Waals surface area contributed by atoms with Crippen LogP contribution in [0.1, 0.15) is 52.2 Å². The highest BCUT2D eigenvalue weighted by molar-refractivity contribution is 14.1. The molecule has 1 amide bonds. The summed E-state index contributed by atoms with van der Waals surface area (Å²) in [5, 5.41) is 13.9. The molecule has 0 radical (unpaired) electrons. The number of rotatable bonds is 10. The molecule has 0 bridgehead atoms.